The van der Waals surface area contributed by atoms with Crippen LogP contribution in [-0.2, 0) is 0 Å². The number of nitrogen functional groups attached to an aromatic ring is 1. The van der Waals surface area contributed by atoms with Gasteiger partial charge in [0.05, 0.1) is 27.0 Å². The average molecular weight is 364 g/mol. The van der Waals surface area contributed by atoms with Gasteiger partial charge < -0.3 is 19.9 Å². The van der Waals surface area contributed by atoms with Crippen molar-refractivity contribution >= 4 is 30.0 Å². The van der Waals surface area contributed by atoms with Gasteiger partial charge in [0.1, 0.15) is 17.2 Å². The predicted molar refractivity (Wildman–Crippen MR) is 102 cm³/mol. The first kappa shape index (κ1) is 20.4. The Morgan fingerprint density at radius 3 is 2.16 bits per heavy atom. The van der Waals surface area contributed by atoms with E-state index in [-0.39, 0.29) is 18.2 Å². The molecule has 0 radical (unpaired) electrons. The molecular weight excluding hydrogens is 342 g/mol. The molecule has 2 aromatic carbocycles. The molecule has 2 aromatic rings. The Bertz CT molecular complexity index is 787. The zero-order valence-electron chi connectivity index (χ0n) is 14.7. The fraction of sp³-hybridized carbons (Fsp3) is 0.211. The van der Waals surface area contributed by atoms with E-state index in [1.165, 1.54) is 7.11 Å². The van der Waals surface area contributed by atoms with Crippen LogP contribution in [0.2, 0.25) is 0 Å². The van der Waals surface area contributed by atoms with E-state index < -0.39 is 0 Å². The van der Waals surface area contributed by atoms with Gasteiger partial charge in [0.25, 0.3) is 0 Å². The largest absolute Gasteiger partial charge is 0.497 e. The predicted octanol–water partition coefficient (Wildman–Crippen LogP) is 4.00. The summed E-state index contributed by atoms with van der Waals surface area (Å²) in [4.78, 5) is 12.6. The maximum Gasteiger partial charge on any atom is 0.188 e. The van der Waals surface area contributed by atoms with E-state index in [1.807, 2.05) is 6.07 Å². The van der Waals surface area contributed by atoms with Gasteiger partial charge in [-0.25, -0.2) is 0 Å². The maximum atomic E-state index is 12.6. The molecule has 0 saturated heterocycles. The first-order valence-corrected chi connectivity index (χ1v) is 7.38. The zero-order chi connectivity index (χ0) is 17.7. The van der Waals surface area contributed by atoms with E-state index in [9.17, 15) is 4.79 Å². The minimum atomic E-state index is -0.116. The summed E-state index contributed by atoms with van der Waals surface area (Å²) in [6.45, 7) is 1.75. The summed E-state index contributed by atoms with van der Waals surface area (Å²) in [5.74, 6) is 1.78. The Balaban J connectivity index is 0.00000312. The fourth-order valence-corrected chi connectivity index (χ4v) is 2.35. The number of halogens is 1. The second kappa shape index (κ2) is 8.99. The minimum absolute atomic E-state index is 0. The fourth-order valence-electron chi connectivity index (χ4n) is 2.35. The number of hydrogen-bond acceptors (Lipinski definition) is 5. The van der Waals surface area contributed by atoms with Crippen molar-refractivity contribution in [1.82, 2.24) is 0 Å². The smallest absolute Gasteiger partial charge is 0.188 e. The molecule has 0 aliphatic heterocycles. The number of nitrogens with two attached hydrogens (primary N) is 1. The molecule has 0 saturated carbocycles. The Hall–Kier alpha value is -2.66. The lowest BCUT2D eigenvalue weighted by atomic mass is 10.0. The molecule has 0 aliphatic rings. The van der Waals surface area contributed by atoms with Gasteiger partial charge in [-0.2, -0.15) is 0 Å². The van der Waals surface area contributed by atoms with E-state index in [4.69, 9.17) is 19.9 Å². The number of allylic oxidation sites excluding steroid dienone is 1. The first-order chi connectivity index (χ1) is 11.5. The number of benzene rings is 2. The Kier molecular flexibility index (Phi) is 7.33. The lowest BCUT2D eigenvalue weighted by molar-refractivity contribution is 0.103. The molecule has 0 aliphatic carbocycles. The van der Waals surface area contributed by atoms with Crippen LogP contribution in [0.3, 0.4) is 0 Å². The van der Waals surface area contributed by atoms with E-state index in [1.54, 1.807) is 57.6 Å². The van der Waals surface area contributed by atoms with Crippen LogP contribution in [-0.4, -0.2) is 27.1 Å². The third kappa shape index (κ3) is 4.67. The number of rotatable bonds is 6. The van der Waals surface area contributed by atoms with Crippen molar-refractivity contribution in [3.63, 3.8) is 0 Å². The molecule has 0 bridgehead atoms. The highest BCUT2D eigenvalue weighted by molar-refractivity contribution is 6.11. The van der Waals surface area contributed by atoms with Crippen LogP contribution in [0.1, 0.15) is 22.8 Å². The van der Waals surface area contributed by atoms with Gasteiger partial charge in [0.2, 0.25) is 0 Å². The molecule has 0 heterocycles. The van der Waals surface area contributed by atoms with Crippen molar-refractivity contribution in [3.8, 4) is 17.2 Å². The highest BCUT2D eigenvalue weighted by Gasteiger charge is 2.12. The molecule has 5 nitrogen and oxygen atoms in total. The number of hydrogen-bond donors (Lipinski definition) is 1. The molecule has 0 atom stereocenters. The number of carbonyl (C=O) groups is 1. The van der Waals surface area contributed by atoms with Crippen LogP contribution < -0.4 is 19.9 Å². The van der Waals surface area contributed by atoms with Crippen molar-refractivity contribution in [2.75, 3.05) is 27.1 Å². The second-order valence-corrected chi connectivity index (χ2v) is 5.22. The number of methoxy groups -OCH3 is 3. The molecule has 2 rings (SSSR count). The van der Waals surface area contributed by atoms with Gasteiger partial charge in [0.15, 0.2) is 5.78 Å². The first-order valence-electron chi connectivity index (χ1n) is 7.38. The van der Waals surface area contributed by atoms with Crippen LogP contribution in [0.25, 0.3) is 6.08 Å². The highest BCUT2D eigenvalue weighted by Crippen LogP contribution is 2.28. The molecule has 0 fully saturated rings. The molecule has 6 heteroatoms. The van der Waals surface area contributed by atoms with Crippen LogP contribution in [0, 0.1) is 0 Å². The normalized spacial score (nSPS) is 10.6. The number of anilines is 1. The van der Waals surface area contributed by atoms with E-state index in [0.717, 1.165) is 5.56 Å². The average Bonchev–Trinajstić information content (AvgIpc) is 2.60. The topological polar surface area (TPSA) is 70.8 Å². The van der Waals surface area contributed by atoms with Crippen molar-refractivity contribution in [3.05, 3.63) is 53.1 Å². The zero-order valence-corrected chi connectivity index (χ0v) is 15.5. The van der Waals surface area contributed by atoms with Crippen molar-refractivity contribution < 1.29 is 19.0 Å². The standard InChI is InChI=1S/C19H21NO4.ClH/c1-12(9-14-10-15(22-2)6-8-17(14)23-3)19(21)13-5-7-18(24-4)16(20)11-13;/h5-11H,20H2,1-4H3;1H/b12-9+;. The van der Waals surface area contributed by atoms with Gasteiger partial charge in [-0.15, -0.1) is 12.4 Å². The third-order valence-corrected chi connectivity index (χ3v) is 3.66. The summed E-state index contributed by atoms with van der Waals surface area (Å²) < 4.78 is 15.7. The SMILES string of the molecule is COc1ccc(OC)c(/C=C(\C)C(=O)c2ccc(OC)c(N)c2)c1.Cl. The molecular formula is C19H22ClNO4. The van der Waals surface area contributed by atoms with Crippen molar-refractivity contribution in [2.45, 2.75) is 6.92 Å². The Morgan fingerprint density at radius 1 is 0.960 bits per heavy atom. The number of ether oxygens (including phenoxy) is 3. The van der Waals surface area contributed by atoms with Gasteiger partial charge in [0, 0.05) is 11.1 Å². The number of carbonyl (C=O) groups excluding carboxylic acids is 1. The van der Waals surface area contributed by atoms with Crippen LogP contribution in [0.15, 0.2) is 42.0 Å². The maximum absolute atomic E-state index is 12.6. The summed E-state index contributed by atoms with van der Waals surface area (Å²) in [7, 11) is 4.71. The molecule has 0 unspecified atom stereocenters. The highest BCUT2D eigenvalue weighted by atomic mass is 35.5. The minimum Gasteiger partial charge on any atom is -0.497 e. The number of Topliss-reactive ketones (excluding diaryl/α,β-unsaturated/α-hetero) is 1. The Morgan fingerprint density at radius 2 is 1.60 bits per heavy atom. The van der Waals surface area contributed by atoms with E-state index in [0.29, 0.717) is 34.1 Å². The van der Waals surface area contributed by atoms with Crippen LogP contribution >= 0.6 is 12.4 Å². The van der Waals surface area contributed by atoms with Gasteiger partial charge >= 0.3 is 0 Å². The summed E-state index contributed by atoms with van der Waals surface area (Å²) in [5, 5.41) is 0. The lowest BCUT2D eigenvalue weighted by Gasteiger charge is -2.09. The molecule has 0 spiro atoms. The van der Waals surface area contributed by atoms with Gasteiger partial charge in [-0.3, -0.25) is 4.79 Å². The van der Waals surface area contributed by atoms with Crippen LogP contribution in [0.4, 0.5) is 5.69 Å². The molecule has 134 valence electrons. The molecule has 0 amide bonds. The van der Waals surface area contributed by atoms with Gasteiger partial charge in [-0.1, -0.05) is 0 Å². The van der Waals surface area contributed by atoms with E-state index in [2.05, 4.69) is 0 Å². The van der Waals surface area contributed by atoms with Crippen molar-refractivity contribution in [2.24, 2.45) is 0 Å². The second-order valence-electron chi connectivity index (χ2n) is 5.22. The lowest BCUT2D eigenvalue weighted by Crippen LogP contribution is -2.03. The summed E-state index contributed by atoms with van der Waals surface area (Å²) in [5.41, 5.74) is 8.13. The summed E-state index contributed by atoms with van der Waals surface area (Å²) in [6, 6.07) is 10.4. The molecule has 0 aromatic heterocycles. The number of ketones is 1. The summed E-state index contributed by atoms with van der Waals surface area (Å²) >= 11 is 0. The van der Waals surface area contributed by atoms with Gasteiger partial charge in [-0.05, 0) is 55.0 Å². The molecule has 25 heavy (non-hydrogen) atoms. The van der Waals surface area contributed by atoms with Crippen molar-refractivity contribution in [1.29, 1.82) is 0 Å². The monoisotopic (exact) mass is 363 g/mol. The van der Waals surface area contributed by atoms with E-state index >= 15 is 0 Å². The van der Waals surface area contributed by atoms with Crippen LogP contribution in [0.5, 0.6) is 17.2 Å². The third-order valence-electron chi connectivity index (χ3n) is 3.66. The molecule has 2 N–H and O–H groups in total. The quantitative estimate of drug-likeness (QED) is 0.477. The Labute approximate surface area is 153 Å². The summed E-state index contributed by atoms with van der Waals surface area (Å²) in [6.07, 6.45) is 1.77.